The first-order chi connectivity index (χ1) is 4.20. The van der Waals surface area contributed by atoms with Crippen LogP contribution in [0.25, 0.3) is 0 Å². The van der Waals surface area contributed by atoms with Gasteiger partial charge in [0.05, 0.1) is 0 Å². The van der Waals surface area contributed by atoms with Gasteiger partial charge in [0.2, 0.25) is 0 Å². The van der Waals surface area contributed by atoms with Crippen LogP contribution in [-0.2, 0) is 0 Å². The van der Waals surface area contributed by atoms with E-state index in [0.29, 0.717) is 0 Å². The van der Waals surface area contributed by atoms with E-state index in [1.165, 1.54) is 12.0 Å². The molecule has 0 aromatic carbocycles. The van der Waals surface area contributed by atoms with Gasteiger partial charge in [-0.05, 0) is 19.3 Å². The molecular weight excluding hydrogens is 110 g/mol. The molecule has 0 spiro atoms. The lowest BCUT2D eigenvalue weighted by Crippen LogP contribution is -2.19. The number of rotatable bonds is 3. The Labute approximate surface area is 57.1 Å². The van der Waals surface area contributed by atoms with Crippen molar-refractivity contribution in [1.29, 1.82) is 0 Å². The van der Waals surface area contributed by atoms with Crippen molar-refractivity contribution >= 4 is 0 Å². The minimum atomic E-state index is 0.793. The number of nitrogens with one attached hydrogen (secondary N) is 1. The molecule has 1 nitrogen and oxygen atoms in total. The predicted molar refractivity (Wildman–Crippen MR) is 40.4 cm³/mol. The van der Waals surface area contributed by atoms with Gasteiger partial charge >= 0.3 is 0 Å². The molecule has 1 saturated carbocycles. The van der Waals surface area contributed by atoms with Crippen LogP contribution in [0.1, 0.15) is 20.3 Å². The maximum Gasteiger partial charge on any atom is 0.0161 e. The largest absolute Gasteiger partial charge is 0.310 e. The summed E-state index contributed by atoms with van der Waals surface area (Å²) in [4.78, 5) is 0. The highest BCUT2D eigenvalue weighted by molar-refractivity contribution is 4.97. The molecule has 0 amide bonds. The van der Waals surface area contributed by atoms with Gasteiger partial charge in [0.1, 0.15) is 0 Å². The highest BCUT2D eigenvalue weighted by Crippen LogP contribution is 2.28. The predicted octanol–water partition coefficient (Wildman–Crippen LogP) is 1.56. The van der Waals surface area contributed by atoms with Gasteiger partial charge in [-0.2, -0.15) is 0 Å². The highest BCUT2D eigenvalue weighted by Gasteiger charge is 2.31. The van der Waals surface area contributed by atoms with Crippen molar-refractivity contribution in [3.05, 3.63) is 12.2 Å². The van der Waals surface area contributed by atoms with Crippen molar-refractivity contribution in [2.24, 2.45) is 5.92 Å². The summed E-state index contributed by atoms with van der Waals surface area (Å²) in [5.74, 6) is 0.907. The number of hydrogen-bond donors (Lipinski definition) is 1. The third-order valence-corrected chi connectivity index (χ3v) is 1.78. The third-order valence-electron chi connectivity index (χ3n) is 1.78. The fourth-order valence-corrected chi connectivity index (χ4v) is 0.912. The molecule has 0 radical (unpaired) electrons. The Morgan fingerprint density at radius 1 is 1.78 bits per heavy atom. The van der Waals surface area contributed by atoms with Crippen LogP contribution in [0.3, 0.4) is 0 Å². The zero-order valence-electron chi connectivity index (χ0n) is 6.28. The molecule has 2 unspecified atom stereocenters. The van der Waals surface area contributed by atoms with Gasteiger partial charge in [0.15, 0.2) is 0 Å². The van der Waals surface area contributed by atoms with Gasteiger partial charge in [-0.3, -0.25) is 0 Å². The molecule has 1 rings (SSSR count). The Balaban J connectivity index is 2.00. The van der Waals surface area contributed by atoms with E-state index in [4.69, 9.17) is 0 Å². The Hall–Kier alpha value is -0.300. The van der Waals surface area contributed by atoms with Crippen molar-refractivity contribution in [3.63, 3.8) is 0 Å². The second-order valence-corrected chi connectivity index (χ2v) is 3.16. The van der Waals surface area contributed by atoms with Crippen molar-refractivity contribution in [3.8, 4) is 0 Å². The molecule has 1 aliphatic carbocycles. The summed E-state index contributed by atoms with van der Waals surface area (Å²) < 4.78 is 0. The molecule has 52 valence electrons. The van der Waals surface area contributed by atoms with E-state index in [1.807, 2.05) is 0 Å². The minimum absolute atomic E-state index is 0.793. The molecule has 0 saturated heterocycles. The van der Waals surface area contributed by atoms with Gasteiger partial charge in [-0.1, -0.05) is 19.1 Å². The maximum atomic E-state index is 3.82. The van der Waals surface area contributed by atoms with Crippen molar-refractivity contribution in [2.75, 3.05) is 6.54 Å². The maximum absolute atomic E-state index is 3.82. The normalized spacial score (nSPS) is 32.2. The first kappa shape index (κ1) is 6.81. The van der Waals surface area contributed by atoms with Crippen LogP contribution in [0.15, 0.2) is 12.2 Å². The molecule has 1 aliphatic rings. The van der Waals surface area contributed by atoms with Gasteiger partial charge < -0.3 is 5.32 Å². The van der Waals surface area contributed by atoms with Crippen LogP contribution in [0.4, 0.5) is 0 Å². The minimum Gasteiger partial charge on any atom is -0.310 e. The average molecular weight is 125 g/mol. The van der Waals surface area contributed by atoms with E-state index in [-0.39, 0.29) is 0 Å². The number of hydrogen-bond acceptors (Lipinski definition) is 1. The van der Waals surface area contributed by atoms with Gasteiger partial charge in [0.25, 0.3) is 0 Å². The molecule has 9 heavy (non-hydrogen) atoms. The lowest BCUT2D eigenvalue weighted by molar-refractivity contribution is 0.691. The molecule has 0 heterocycles. The third kappa shape index (κ3) is 2.19. The van der Waals surface area contributed by atoms with E-state index in [1.54, 1.807) is 0 Å². The van der Waals surface area contributed by atoms with Crippen molar-refractivity contribution < 1.29 is 0 Å². The van der Waals surface area contributed by atoms with E-state index in [0.717, 1.165) is 18.5 Å². The average Bonchev–Trinajstić information content (AvgIpc) is 2.42. The highest BCUT2D eigenvalue weighted by atomic mass is 15.0. The molecule has 1 heteroatoms. The fourth-order valence-electron chi connectivity index (χ4n) is 0.912. The smallest absolute Gasteiger partial charge is 0.0161 e. The van der Waals surface area contributed by atoms with Crippen LogP contribution in [0.2, 0.25) is 0 Å². The molecule has 0 aromatic rings. The lowest BCUT2D eigenvalue weighted by Gasteiger charge is -1.99. The molecule has 1 N–H and O–H groups in total. The Kier molecular flexibility index (Phi) is 1.91. The van der Waals surface area contributed by atoms with Crippen molar-refractivity contribution in [1.82, 2.24) is 5.32 Å². The second kappa shape index (κ2) is 2.53. The standard InChI is InChI=1S/C8H15N/c1-6(2)5-9-8-4-7(8)3/h7-9H,1,4-5H2,2-3H3. The van der Waals surface area contributed by atoms with Gasteiger partial charge in [0, 0.05) is 12.6 Å². The van der Waals surface area contributed by atoms with Crippen LogP contribution in [0.5, 0.6) is 0 Å². The van der Waals surface area contributed by atoms with Crippen molar-refractivity contribution in [2.45, 2.75) is 26.3 Å². The summed E-state index contributed by atoms with van der Waals surface area (Å²) in [6.45, 7) is 9.14. The van der Waals surface area contributed by atoms with Crippen LogP contribution in [-0.4, -0.2) is 12.6 Å². The molecular formula is C8H15N. The van der Waals surface area contributed by atoms with E-state index in [2.05, 4.69) is 25.7 Å². The topological polar surface area (TPSA) is 12.0 Å². The Morgan fingerprint density at radius 3 is 2.67 bits per heavy atom. The Bertz CT molecular complexity index is 118. The zero-order chi connectivity index (χ0) is 6.85. The van der Waals surface area contributed by atoms with Gasteiger partial charge in [-0.15, -0.1) is 0 Å². The second-order valence-electron chi connectivity index (χ2n) is 3.16. The molecule has 0 aliphatic heterocycles. The van der Waals surface area contributed by atoms with Crippen LogP contribution >= 0.6 is 0 Å². The first-order valence-corrected chi connectivity index (χ1v) is 3.58. The summed E-state index contributed by atoms with van der Waals surface area (Å²) in [7, 11) is 0. The fraction of sp³-hybridized carbons (Fsp3) is 0.750. The Morgan fingerprint density at radius 2 is 2.33 bits per heavy atom. The van der Waals surface area contributed by atoms with E-state index >= 15 is 0 Å². The molecule has 0 bridgehead atoms. The summed E-state index contributed by atoms with van der Waals surface area (Å²) in [6.07, 6.45) is 1.35. The summed E-state index contributed by atoms with van der Waals surface area (Å²) in [5, 5.41) is 3.41. The summed E-state index contributed by atoms with van der Waals surface area (Å²) in [5.41, 5.74) is 1.23. The monoisotopic (exact) mass is 125 g/mol. The first-order valence-electron chi connectivity index (χ1n) is 3.58. The molecule has 2 atom stereocenters. The quantitative estimate of drug-likeness (QED) is 0.564. The van der Waals surface area contributed by atoms with Crippen LogP contribution in [0, 0.1) is 5.92 Å². The van der Waals surface area contributed by atoms with E-state index < -0.39 is 0 Å². The summed E-state index contributed by atoms with van der Waals surface area (Å²) in [6, 6.07) is 0.793. The van der Waals surface area contributed by atoms with Gasteiger partial charge in [-0.25, -0.2) is 0 Å². The van der Waals surface area contributed by atoms with Crippen LogP contribution < -0.4 is 5.32 Å². The molecule has 0 aromatic heterocycles. The van der Waals surface area contributed by atoms with E-state index in [9.17, 15) is 0 Å². The SMILES string of the molecule is C=C(C)CNC1CC1C. The lowest BCUT2D eigenvalue weighted by atomic mass is 10.3. The summed E-state index contributed by atoms with van der Waals surface area (Å²) >= 11 is 0. The zero-order valence-corrected chi connectivity index (χ0v) is 6.28. The molecule has 1 fully saturated rings.